The Morgan fingerprint density at radius 1 is 1.06 bits per heavy atom. The average Bonchev–Trinajstić information content (AvgIpc) is 3.31. The maximum absolute atomic E-state index is 12.8. The lowest BCUT2D eigenvalue weighted by Crippen LogP contribution is -2.37. The molecule has 2 aromatic rings. The molecule has 9 heteroatoms. The first-order valence-electron chi connectivity index (χ1n) is 10.3. The van der Waals surface area contributed by atoms with Gasteiger partial charge in [0.05, 0.1) is 39.5 Å². The highest BCUT2D eigenvalue weighted by Crippen LogP contribution is 2.39. The summed E-state index contributed by atoms with van der Waals surface area (Å²) >= 11 is 0. The number of fused-ring (bicyclic) bond motifs is 1. The van der Waals surface area contributed by atoms with E-state index in [1.807, 2.05) is 12.1 Å². The Morgan fingerprint density at radius 3 is 2.41 bits per heavy atom. The Kier molecular flexibility index (Phi) is 5.89. The van der Waals surface area contributed by atoms with Crippen molar-refractivity contribution in [3.63, 3.8) is 0 Å². The zero-order chi connectivity index (χ0) is 22.8. The van der Waals surface area contributed by atoms with Gasteiger partial charge in [-0.15, -0.1) is 0 Å². The molecule has 2 aromatic carbocycles. The van der Waals surface area contributed by atoms with Crippen molar-refractivity contribution in [2.24, 2.45) is 0 Å². The van der Waals surface area contributed by atoms with Crippen LogP contribution in [0.25, 0.3) is 0 Å². The van der Waals surface area contributed by atoms with E-state index in [4.69, 9.17) is 14.2 Å². The lowest BCUT2D eigenvalue weighted by atomic mass is 10.1. The van der Waals surface area contributed by atoms with Gasteiger partial charge in [0.15, 0.2) is 11.5 Å². The third kappa shape index (κ3) is 3.93. The van der Waals surface area contributed by atoms with Crippen molar-refractivity contribution in [1.82, 2.24) is 10.6 Å². The predicted octanol–water partition coefficient (Wildman–Crippen LogP) is 2.33. The van der Waals surface area contributed by atoms with Gasteiger partial charge in [-0.05, 0) is 60.4 Å². The molecule has 0 spiro atoms. The second-order valence-electron chi connectivity index (χ2n) is 7.64. The van der Waals surface area contributed by atoms with Crippen LogP contribution < -0.4 is 29.7 Å². The molecule has 0 radical (unpaired) electrons. The highest BCUT2D eigenvalue weighted by atomic mass is 16.5. The highest BCUT2D eigenvalue weighted by molar-refractivity contribution is 6.22. The second kappa shape index (κ2) is 8.78. The number of hydrogen-bond acceptors (Lipinski definition) is 6. The fourth-order valence-electron chi connectivity index (χ4n) is 4.17. The summed E-state index contributed by atoms with van der Waals surface area (Å²) in [6, 6.07) is 8.70. The Bertz CT molecular complexity index is 1050. The molecule has 1 fully saturated rings. The molecule has 0 saturated carbocycles. The van der Waals surface area contributed by atoms with Crippen LogP contribution in [-0.4, -0.2) is 45.2 Å². The van der Waals surface area contributed by atoms with Crippen LogP contribution in [0.3, 0.4) is 0 Å². The zero-order valence-corrected chi connectivity index (χ0v) is 18.1. The third-order valence-corrected chi connectivity index (χ3v) is 5.80. The van der Waals surface area contributed by atoms with Gasteiger partial charge in [-0.25, -0.2) is 9.69 Å². The molecule has 1 saturated heterocycles. The second-order valence-corrected chi connectivity index (χ2v) is 7.64. The Labute approximate surface area is 185 Å². The topological polar surface area (TPSA) is 106 Å². The van der Waals surface area contributed by atoms with Crippen LogP contribution in [-0.2, 0) is 16.0 Å². The summed E-state index contributed by atoms with van der Waals surface area (Å²) in [4.78, 5) is 38.9. The van der Waals surface area contributed by atoms with Gasteiger partial charge in [-0.2, -0.15) is 0 Å². The molecule has 2 N–H and O–H groups in total. The lowest BCUT2D eigenvalue weighted by Gasteiger charge is -2.17. The van der Waals surface area contributed by atoms with E-state index in [0.29, 0.717) is 22.9 Å². The number of carbonyl (C=O) groups is 3. The summed E-state index contributed by atoms with van der Waals surface area (Å²) in [6.07, 6.45) is 1.39. The van der Waals surface area contributed by atoms with Crippen LogP contribution in [0.5, 0.6) is 17.2 Å². The summed E-state index contributed by atoms with van der Waals surface area (Å²) in [5, 5.41) is 5.58. The van der Waals surface area contributed by atoms with Crippen LogP contribution in [0.2, 0.25) is 0 Å². The monoisotopic (exact) mass is 439 g/mol. The summed E-state index contributed by atoms with van der Waals surface area (Å²) in [5.74, 6) is 1.08. The van der Waals surface area contributed by atoms with Gasteiger partial charge in [-0.3, -0.25) is 9.59 Å². The molecular weight excluding hydrogens is 414 g/mol. The van der Waals surface area contributed by atoms with Crippen molar-refractivity contribution in [2.75, 3.05) is 26.2 Å². The molecule has 168 valence electrons. The number of anilines is 1. The van der Waals surface area contributed by atoms with Crippen LogP contribution in [0, 0.1) is 0 Å². The van der Waals surface area contributed by atoms with Gasteiger partial charge < -0.3 is 24.8 Å². The number of imide groups is 1. The number of nitrogens with zero attached hydrogens (tertiary/aromatic N) is 1. The lowest BCUT2D eigenvalue weighted by molar-refractivity contribution is -0.126. The van der Waals surface area contributed by atoms with Crippen molar-refractivity contribution in [3.8, 4) is 17.2 Å². The summed E-state index contributed by atoms with van der Waals surface area (Å²) in [6.45, 7) is 0. The molecule has 1 aliphatic heterocycles. The molecule has 0 bridgehead atoms. The van der Waals surface area contributed by atoms with E-state index in [1.54, 1.807) is 38.5 Å². The Balaban J connectivity index is 1.42. The van der Waals surface area contributed by atoms with Gasteiger partial charge in [0.25, 0.3) is 5.91 Å². The van der Waals surface area contributed by atoms with Crippen LogP contribution in [0.15, 0.2) is 36.4 Å². The van der Waals surface area contributed by atoms with Crippen LogP contribution in [0.4, 0.5) is 10.5 Å². The fraction of sp³-hybridized carbons (Fsp3) is 0.348. The van der Waals surface area contributed by atoms with E-state index in [1.165, 1.54) is 7.11 Å². The predicted molar refractivity (Wildman–Crippen MR) is 116 cm³/mol. The number of carbonyl (C=O) groups excluding carboxylic acids is 3. The molecule has 2 aliphatic rings. The van der Waals surface area contributed by atoms with E-state index in [9.17, 15) is 14.4 Å². The van der Waals surface area contributed by atoms with Gasteiger partial charge in [0.2, 0.25) is 5.91 Å². The van der Waals surface area contributed by atoms with Gasteiger partial charge in [0.1, 0.15) is 11.8 Å². The minimum absolute atomic E-state index is 0.143. The zero-order valence-electron chi connectivity index (χ0n) is 18.1. The Hall–Kier alpha value is -3.75. The van der Waals surface area contributed by atoms with Gasteiger partial charge >= 0.3 is 6.03 Å². The van der Waals surface area contributed by atoms with E-state index in [-0.39, 0.29) is 18.4 Å². The highest BCUT2D eigenvalue weighted by Gasteiger charge is 2.40. The fourth-order valence-corrected chi connectivity index (χ4v) is 4.17. The van der Waals surface area contributed by atoms with Crippen LogP contribution >= 0.6 is 0 Å². The Morgan fingerprint density at radius 2 is 1.75 bits per heavy atom. The SMILES string of the molecule is COc1ccc(N2C(=O)N[C@@H](CC(=O)N[C@H]3CCc4cc(OC)c(OC)cc43)C2=O)cc1. The summed E-state index contributed by atoms with van der Waals surface area (Å²) in [5.41, 5.74) is 2.48. The van der Waals surface area contributed by atoms with Crippen molar-refractivity contribution in [2.45, 2.75) is 31.3 Å². The van der Waals surface area contributed by atoms with E-state index in [2.05, 4.69) is 10.6 Å². The molecule has 0 aromatic heterocycles. The number of aryl methyl sites for hydroxylation is 1. The number of hydrogen-bond donors (Lipinski definition) is 2. The minimum Gasteiger partial charge on any atom is -0.497 e. The largest absolute Gasteiger partial charge is 0.497 e. The number of rotatable bonds is 7. The summed E-state index contributed by atoms with van der Waals surface area (Å²) in [7, 11) is 4.68. The number of amides is 4. The third-order valence-electron chi connectivity index (χ3n) is 5.80. The van der Waals surface area contributed by atoms with E-state index < -0.39 is 18.0 Å². The molecule has 4 rings (SSSR count). The molecule has 1 aliphatic carbocycles. The van der Waals surface area contributed by atoms with Crippen molar-refractivity contribution in [3.05, 3.63) is 47.5 Å². The molecule has 4 amide bonds. The van der Waals surface area contributed by atoms with E-state index >= 15 is 0 Å². The van der Waals surface area contributed by atoms with Gasteiger partial charge in [-0.1, -0.05) is 0 Å². The standard InChI is InChI=1S/C23H25N3O6/c1-30-15-7-5-14(6-8-15)26-22(28)18(25-23(26)29)12-21(27)24-17-9-4-13-10-19(31-2)20(32-3)11-16(13)17/h5-8,10-11,17-18H,4,9,12H2,1-3H3,(H,24,27)(H,25,29)/t17-,18-/m0/s1. The first-order valence-corrected chi connectivity index (χ1v) is 10.3. The maximum Gasteiger partial charge on any atom is 0.329 e. The first kappa shape index (κ1) is 21.5. The van der Waals surface area contributed by atoms with Crippen LogP contribution in [0.1, 0.15) is 30.0 Å². The van der Waals surface area contributed by atoms with E-state index in [0.717, 1.165) is 28.9 Å². The molecule has 9 nitrogen and oxygen atoms in total. The number of urea groups is 1. The molecule has 2 atom stereocenters. The van der Waals surface area contributed by atoms with Crippen molar-refractivity contribution in [1.29, 1.82) is 0 Å². The maximum atomic E-state index is 12.8. The van der Waals surface area contributed by atoms with Crippen molar-refractivity contribution < 1.29 is 28.6 Å². The number of methoxy groups -OCH3 is 3. The smallest absolute Gasteiger partial charge is 0.329 e. The number of ether oxygens (including phenoxy) is 3. The molecule has 0 unspecified atom stereocenters. The van der Waals surface area contributed by atoms with Gasteiger partial charge in [0, 0.05) is 0 Å². The average molecular weight is 439 g/mol. The molecule has 32 heavy (non-hydrogen) atoms. The number of nitrogens with one attached hydrogen (secondary N) is 2. The minimum atomic E-state index is -0.920. The quantitative estimate of drug-likeness (QED) is 0.642. The summed E-state index contributed by atoms with van der Waals surface area (Å²) < 4.78 is 15.8. The number of benzene rings is 2. The van der Waals surface area contributed by atoms with Crippen molar-refractivity contribution >= 4 is 23.5 Å². The molecular formula is C23H25N3O6. The normalized spacial score (nSPS) is 19.4. The molecule has 1 heterocycles. The first-order chi connectivity index (χ1) is 15.4.